The lowest BCUT2D eigenvalue weighted by Crippen LogP contribution is -2.67. The molecule has 1 fully saturated rings. The zero-order chi connectivity index (χ0) is 29.9. The number of rotatable bonds is 9. The van der Waals surface area contributed by atoms with Gasteiger partial charge in [0.05, 0.1) is 8.07 Å². The standard InChI is InChI=1S/C37H63NSi2/c1-14-16-22-37(23-17-15-2)32-25-28(39(9,10)11)19-20-29(32)31-24-27-18-21-34(30(27)26-33(31)37)40(12,13)38(35(3,4)5)36(6,7)8/h19-20,24-27,30,34H,14-18,21-23H2,1-13H3. The van der Waals surface area contributed by atoms with Crippen LogP contribution >= 0.6 is 0 Å². The third kappa shape index (κ3) is 5.58. The molecule has 1 nitrogen and oxygen atoms in total. The van der Waals surface area contributed by atoms with Gasteiger partial charge in [-0.15, -0.1) is 0 Å². The Morgan fingerprint density at radius 2 is 1.40 bits per heavy atom. The highest BCUT2D eigenvalue weighted by Gasteiger charge is 2.55. The number of unbranched alkanes of at least 4 members (excludes halogenated alkanes) is 2. The van der Waals surface area contributed by atoms with Crippen molar-refractivity contribution >= 4 is 27.1 Å². The molecule has 1 aromatic carbocycles. The Balaban J connectivity index is 1.88. The van der Waals surface area contributed by atoms with Crippen molar-refractivity contribution in [1.82, 2.24) is 4.57 Å². The number of fused-ring (bicyclic) bond motifs is 4. The van der Waals surface area contributed by atoms with Crippen LogP contribution in [0.1, 0.15) is 118 Å². The fourth-order valence-corrected chi connectivity index (χ4v) is 17.0. The molecule has 0 spiro atoms. The van der Waals surface area contributed by atoms with E-state index in [2.05, 4.69) is 123 Å². The fourth-order valence-electron chi connectivity index (χ4n) is 9.86. The average molecular weight is 578 g/mol. The first-order chi connectivity index (χ1) is 18.4. The van der Waals surface area contributed by atoms with Gasteiger partial charge in [0.1, 0.15) is 8.24 Å². The normalized spacial score (nSPS) is 24.5. The fraction of sp³-hybridized carbons (Fsp3) is 0.730. The van der Waals surface area contributed by atoms with Gasteiger partial charge in [-0.3, -0.25) is 0 Å². The molecule has 0 radical (unpaired) electrons. The van der Waals surface area contributed by atoms with Gasteiger partial charge in [-0.05, 0) is 100 Å². The monoisotopic (exact) mass is 577 g/mol. The van der Waals surface area contributed by atoms with Gasteiger partial charge < -0.3 is 4.57 Å². The molecule has 1 saturated carbocycles. The van der Waals surface area contributed by atoms with Gasteiger partial charge in [0.25, 0.3) is 0 Å². The van der Waals surface area contributed by atoms with Crippen molar-refractivity contribution in [2.75, 3.05) is 0 Å². The van der Waals surface area contributed by atoms with E-state index in [1.165, 1.54) is 51.4 Å². The van der Waals surface area contributed by atoms with Gasteiger partial charge in [0.15, 0.2) is 0 Å². The molecule has 3 aliphatic rings. The first-order valence-electron chi connectivity index (χ1n) is 16.8. The van der Waals surface area contributed by atoms with E-state index in [4.69, 9.17) is 0 Å². The van der Waals surface area contributed by atoms with E-state index in [-0.39, 0.29) is 16.5 Å². The van der Waals surface area contributed by atoms with Crippen LogP contribution in [0, 0.1) is 11.8 Å². The molecule has 3 aliphatic carbocycles. The van der Waals surface area contributed by atoms with E-state index in [0.717, 1.165) is 5.54 Å². The Morgan fingerprint density at radius 3 is 1.90 bits per heavy atom. The summed E-state index contributed by atoms with van der Waals surface area (Å²) in [6.07, 6.45) is 16.3. The first kappa shape index (κ1) is 32.0. The molecule has 0 aliphatic heterocycles. The van der Waals surface area contributed by atoms with E-state index in [0.29, 0.717) is 11.8 Å². The van der Waals surface area contributed by atoms with Crippen molar-refractivity contribution in [2.45, 2.75) is 162 Å². The minimum atomic E-state index is -1.77. The second-order valence-corrected chi connectivity index (χ2v) is 26.8. The minimum absolute atomic E-state index is 0.178. The highest BCUT2D eigenvalue weighted by atomic mass is 28.3. The van der Waals surface area contributed by atoms with Crippen molar-refractivity contribution in [1.29, 1.82) is 0 Å². The Bertz CT molecular complexity index is 1110. The summed E-state index contributed by atoms with van der Waals surface area (Å²) in [5.74, 6) is 1.40. The summed E-state index contributed by atoms with van der Waals surface area (Å²) in [6.45, 7) is 32.5. The Labute approximate surface area is 251 Å². The van der Waals surface area contributed by atoms with Gasteiger partial charge in [-0.1, -0.05) is 114 Å². The minimum Gasteiger partial charge on any atom is -0.314 e. The van der Waals surface area contributed by atoms with E-state index in [1.807, 2.05) is 0 Å². The summed E-state index contributed by atoms with van der Waals surface area (Å²) < 4.78 is 2.99. The third-order valence-corrected chi connectivity index (χ3v) is 17.8. The highest BCUT2D eigenvalue weighted by molar-refractivity contribution is 6.88. The molecule has 3 heteroatoms. The lowest BCUT2D eigenvalue weighted by Gasteiger charge is -2.57. The van der Waals surface area contributed by atoms with Gasteiger partial charge in [0, 0.05) is 16.5 Å². The topological polar surface area (TPSA) is 3.24 Å². The molecule has 0 heterocycles. The second-order valence-electron chi connectivity index (χ2n) is 17.2. The number of benzene rings is 1. The van der Waals surface area contributed by atoms with E-state index in [9.17, 15) is 0 Å². The van der Waals surface area contributed by atoms with E-state index < -0.39 is 16.3 Å². The summed E-state index contributed by atoms with van der Waals surface area (Å²) in [5, 5.41) is 1.64. The first-order valence-corrected chi connectivity index (χ1v) is 23.3. The molecule has 3 unspecified atom stereocenters. The largest absolute Gasteiger partial charge is 0.314 e. The van der Waals surface area contributed by atoms with Crippen LogP contribution in [0.15, 0.2) is 35.9 Å². The van der Waals surface area contributed by atoms with Crippen molar-refractivity contribution in [3.05, 3.63) is 47.1 Å². The molecule has 1 aromatic rings. The van der Waals surface area contributed by atoms with Crippen LogP contribution < -0.4 is 5.19 Å². The number of hydrogen-bond acceptors (Lipinski definition) is 1. The van der Waals surface area contributed by atoms with Crippen molar-refractivity contribution in [2.24, 2.45) is 11.8 Å². The zero-order valence-electron chi connectivity index (χ0n) is 28.7. The molecular formula is C37H63NSi2. The molecule has 0 aromatic heterocycles. The number of nitrogens with zero attached hydrogens (tertiary/aromatic N) is 1. The maximum atomic E-state index is 2.99. The number of hydrogen-bond donors (Lipinski definition) is 0. The molecule has 0 N–H and O–H groups in total. The predicted molar refractivity (Wildman–Crippen MR) is 185 cm³/mol. The Morgan fingerprint density at radius 1 is 0.825 bits per heavy atom. The Hall–Kier alpha value is -0.906. The lowest BCUT2D eigenvalue weighted by molar-refractivity contribution is 0.122. The quantitative estimate of drug-likeness (QED) is 0.264. The zero-order valence-corrected chi connectivity index (χ0v) is 30.7. The lowest BCUT2D eigenvalue weighted by atomic mass is 9.68. The SMILES string of the molecule is CCCCC1(CCCC)C2=CC3C(C=C2c2ccc([Si](C)(C)C)cc21)CCC3[Si](C)(C)N(C(C)(C)C)C(C)(C)C. The van der Waals surface area contributed by atoms with Gasteiger partial charge >= 0.3 is 0 Å². The maximum Gasteiger partial charge on any atom is 0.126 e. The predicted octanol–water partition coefficient (Wildman–Crippen LogP) is 10.7. The molecule has 3 atom stereocenters. The van der Waals surface area contributed by atoms with Crippen LogP contribution in [-0.4, -0.2) is 32.0 Å². The summed E-state index contributed by atoms with van der Waals surface area (Å²) in [7, 11) is -3.16. The van der Waals surface area contributed by atoms with Crippen LogP contribution in [0.3, 0.4) is 0 Å². The van der Waals surface area contributed by atoms with Gasteiger partial charge in [0.2, 0.25) is 0 Å². The third-order valence-electron chi connectivity index (χ3n) is 10.7. The van der Waals surface area contributed by atoms with E-state index >= 15 is 0 Å². The van der Waals surface area contributed by atoms with Crippen LogP contribution in [0.4, 0.5) is 0 Å². The Kier molecular flexibility index (Phi) is 8.79. The molecule has 0 amide bonds. The van der Waals surface area contributed by atoms with Crippen LogP contribution in [0.2, 0.25) is 38.3 Å². The molecule has 224 valence electrons. The molecule has 40 heavy (non-hydrogen) atoms. The van der Waals surface area contributed by atoms with Crippen molar-refractivity contribution in [3.63, 3.8) is 0 Å². The highest BCUT2D eigenvalue weighted by Crippen LogP contribution is 2.61. The van der Waals surface area contributed by atoms with Crippen LogP contribution in [-0.2, 0) is 5.41 Å². The molecule has 4 rings (SSSR count). The summed E-state index contributed by atoms with van der Waals surface area (Å²) >= 11 is 0. The smallest absolute Gasteiger partial charge is 0.126 e. The van der Waals surface area contributed by atoms with Crippen molar-refractivity contribution in [3.8, 4) is 0 Å². The van der Waals surface area contributed by atoms with Gasteiger partial charge in [-0.2, -0.15) is 0 Å². The van der Waals surface area contributed by atoms with Gasteiger partial charge in [-0.25, -0.2) is 0 Å². The molecule has 0 bridgehead atoms. The average Bonchev–Trinajstić information content (AvgIpc) is 3.35. The summed E-state index contributed by atoms with van der Waals surface area (Å²) in [6, 6.07) is 7.76. The molecule has 0 saturated heterocycles. The molecular weight excluding hydrogens is 515 g/mol. The van der Waals surface area contributed by atoms with Crippen LogP contribution in [0.5, 0.6) is 0 Å². The number of allylic oxidation sites excluding steroid dienone is 4. The summed E-state index contributed by atoms with van der Waals surface area (Å²) in [5.41, 5.74) is 8.03. The van der Waals surface area contributed by atoms with Crippen LogP contribution in [0.25, 0.3) is 5.57 Å². The van der Waals surface area contributed by atoms with E-state index in [1.54, 1.807) is 27.5 Å². The summed E-state index contributed by atoms with van der Waals surface area (Å²) in [4.78, 5) is 0. The maximum absolute atomic E-state index is 2.99. The second kappa shape index (κ2) is 11.0. The van der Waals surface area contributed by atoms with Crippen molar-refractivity contribution < 1.29 is 0 Å².